The molecule has 18 heavy (non-hydrogen) atoms. The zero-order valence-electron chi connectivity index (χ0n) is 10.6. The fourth-order valence-electron chi connectivity index (χ4n) is 2.53. The molecule has 1 aromatic carbocycles. The van der Waals surface area contributed by atoms with Crippen molar-refractivity contribution in [2.75, 3.05) is 13.1 Å². The van der Waals surface area contributed by atoms with E-state index in [2.05, 4.69) is 21.8 Å². The van der Waals surface area contributed by atoms with Crippen molar-refractivity contribution in [1.82, 2.24) is 14.9 Å². The number of imidazole rings is 1. The van der Waals surface area contributed by atoms with Crippen molar-refractivity contribution in [3.05, 3.63) is 29.8 Å². The van der Waals surface area contributed by atoms with Gasteiger partial charge in [-0.3, -0.25) is 0 Å². The van der Waals surface area contributed by atoms with Crippen LogP contribution in [0.3, 0.4) is 0 Å². The molecule has 0 radical (unpaired) electrons. The third-order valence-corrected chi connectivity index (χ3v) is 3.57. The van der Waals surface area contributed by atoms with Gasteiger partial charge in [0.05, 0.1) is 11.0 Å². The molecule has 0 saturated carbocycles. The summed E-state index contributed by atoms with van der Waals surface area (Å²) in [7, 11) is 0. The number of fused-ring (bicyclic) bond motifs is 1. The first-order chi connectivity index (χ1) is 8.78. The van der Waals surface area contributed by atoms with Gasteiger partial charge in [-0.2, -0.15) is 0 Å². The van der Waals surface area contributed by atoms with E-state index in [-0.39, 0.29) is 5.82 Å². The van der Waals surface area contributed by atoms with E-state index < -0.39 is 0 Å². The molecule has 2 aromatic rings. The van der Waals surface area contributed by atoms with Crippen LogP contribution in [-0.4, -0.2) is 22.6 Å². The molecule has 2 heterocycles. The molecule has 3 rings (SSSR count). The van der Waals surface area contributed by atoms with Gasteiger partial charge >= 0.3 is 0 Å². The van der Waals surface area contributed by atoms with Gasteiger partial charge in [0.2, 0.25) is 0 Å². The Labute approximate surface area is 106 Å². The summed E-state index contributed by atoms with van der Waals surface area (Å²) in [6, 6.07) is 4.86. The normalized spacial score (nSPS) is 16.1. The Morgan fingerprint density at radius 3 is 2.94 bits per heavy atom. The second-order valence-corrected chi connectivity index (χ2v) is 5.04. The lowest BCUT2D eigenvalue weighted by molar-refractivity contribution is 0.337. The van der Waals surface area contributed by atoms with Gasteiger partial charge in [-0.05, 0) is 43.6 Å². The number of rotatable bonds is 4. The number of hydrogen-bond acceptors (Lipinski definition) is 2. The molecule has 0 aliphatic carbocycles. The highest BCUT2D eigenvalue weighted by atomic mass is 19.1. The Kier molecular flexibility index (Phi) is 3.04. The van der Waals surface area contributed by atoms with Crippen molar-refractivity contribution in [3.8, 4) is 0 Å². The molecule has 1 N–H and O–H groups in total. The van der Waals surface area contributed by atoms with Gasteiger partial charge in [-0.25, -0.2) is 9.37 Å². The second-order valence-electron chi connectivity index (χ2n) is 5.04. The van der Waals surface area contributed by atoms with Gasteiger partial charge in [-0.15, -0.1) is 0 Å². The van der Waals surface area contributed by atoms with Crippen LogP contribution in [0.1, 0.15) is 19.2 Å². The summed E-state index contributed by atoms with van der Waals surface area (Å²) in [6.45, 7) is 5.20. The minimum atomic E-state index is -0.184. The Morgan fingerprint density at radius 2 is 2.28 bits per heavy atom. The summed E-state index contributed by atoms with van der Waals surface area (Å²) in [4.78, 5) is 4.66. The number of nitrogens with one attached hydrogen (secondary N) is 1. The third-order valence-electron chi connectivity index (χ3n) is 3.57. The summed E-state index contributed by atoms with van der Waals surface area (Å²) in [6.07, 6.45) is 2.03. The minimum Gasteiger partial charge on any atom is -0.328 e. The highest BCUT2D eigenvalue weighted by Gasteiger charge is 2.21. The summed E-state index contributed by atoms with van der Waals surface area (Å²) in [5.74, 6) is 1.60. The van der Waals surface area contributed by atoms with Crippen molar-refractivity contribution in [2.24, 2.45) is 5.92 Å². The summed E-state index contributed by atoms with van der Waals surface area (Å²) < 4.78 is 15.5. The standard InChI is InChI=1S/C14H18FN3/c1-2-5-18-13-7-11(15)3-4-12(13)17-14(18)6-10-8-16-9-10/h3-4,7,10,16H,2,5-6,8-9H2,1H3. The van der Waals surface area contributed by atoms with Gasteiger partial charge in [0.25, 0.3) is 0 Å². The van der Waals surface area contributed by atoms with Crippen molar-refractivity contribution in [1.29, 1.82) is 0 Å². The van der Waals surface area contributed by atoms with Gasteiger partial charge < -0.3 is 9.88 Å². The van der Waals surface area contributed by atoms with E-state index in [4.69, 9.17) is 0 Å². The Balaban J connectivity index is 2.02. The molecule has 0 amide bonds. The quantitative estimate of drug-likeness (QED) is 0.898. The number of aromatic nitrogens is 2. The molecule has 1 aliphatic heterocycles. The predicted molar refractivity (Wildman–Crippen MR) is 70.0 cm³/mol. The topological polar surface area (TPSA) is 29.9 Å². The lowest BCUT2D eigenvalue weighted by atomic mass is 9.99. The summed E-state index contributed by atoms with van der Waals surface area (Å²) in [5, 5.41) is 3.28. The molecular weight excluding hydrogens is 229 g/mol. The zero-order chi connectivity index (χ0) is 12.5. The molecule has 0 spiro atoms. The first kappa shape index (κ1) is 11.7. The monoisotopic (exact) mass is 247 g/mol. The van der Waals surface area contributed by atoms with Crippen molar-refractivity contribution >= 4 is 11.0 Å². The lowest BCUT2D eigenvalue weighted by Gasteiger charge is -2.26. The first-order valence-electron chi connectivity index (χ1n) is 6.63. The van der Waals surface area contributed by atoms with Crippen LogP contribution < -0.4 is 5.32 Å². The van der Waals surface area contributed by atoms with Crippen LogP contribution in [0.25, 0.3) is 11.0 Å². The fourth-order valence-corrected chi connectivity index (χ4v) is 2.53. The van der Waals surface area contributed by atoms with E-state index in [1.54, 1.807) is 12.1 Å². The Morgan fingerprint density at radius 1 is 1.44 bits per heavy atom. The molecule has 1 fully saturated rings. The number of halogens is 1. The highest BCUT2D eigenvalue weighted by molar-refractivity contribution is 5.76. The molecule has 1 saturated heterocycles. The SMILES string of the molecule is CCCn1c(CC2CNC2)nc2ccc(F)cc21. The maximum absolute atomic E-state index is 13.4. The van der Waals surface area contributed by atoms with E-state index in [1.807, 2.05) is 0 Å². The van der Waals surface area contributed by atoms with E-state index in [0.29, 0.717) is 5.92 Å². The van der Waals surface area contributed by atoms with Crippen LogP contribution in [0.2, 0.25) is 0 Å². The van der Waals surface area contributed by atoms with E-state index in [0.717, 1.165) is 49.3 Å². The van der Waals surface area contributed by atoms with E-state index >= 15 is 0 Å². The zero-order valence-corrected chi connectivity index (χ0v) is 10.6. The van der Waals surface area contributed by atoms with E-state index in [1.165, 1.54) is 6.07 Å². The molecule has 0 bridgehead atoms. The number of benzene rings is 1. The van der Waals surface area contributed by atoms with Gasteiger partial charge in [-0.1, -0.05) is 6.92 Å². The van der Waals surface area contributed by atoms with Crippen LogP contribution in [0.4, 0.5) is 4.39 Å². The molecule has 3 nitrogen and oxygen atoms in total. The molecule has 1 aromatic heterocycles. The fraction of sp³-hybridized carbons (Fsp3) is 0.500. The van der Waals surface area contributed by atoms with Gasteiger partial charge in [0, 0.05) is 13.0 Å². The van der Waals surface area contributed by atoms with Crippen LogP contribution in [0, 0.1) is 11.7 Å². The lowest BCUT2D eigenvalue weighted by Crippen LogP contribution is -2.43. The maximum Gasteiger partial charge on any atom is 0.125 e. The smallest absolute Gasteiger partial charge is 0.125 e. The average molecular weight is 247 g/mol. The third kappa shape index (κ3) is 2.01. The molecule has 4 heteroatoms. The first-order valence-corrected chi connectivity index (χ1v) is 6.63. The van der Waals surface area contributed by atoms with Crippen molar-refractivity contribution < 1.29 is 4.39 Å². The Bertz CT molecular complexity index is 557. The number of aryl methyl sites for hydroxylation is 1. The van der Waals surface area contributed by atoms with Gasteiger partial charge in [0.15, 0.2) is 0 Å². The van der Waals surface area contributed by atoms with Crippen LogP contribution in [0.5, 0.6) is 0 Å². The molecule has 1 aliphatic rings. The minimum absolute atomic E-state index is 0.184. The van der Waals surface area contributed by atoms with Crippen molar-refractivity contribution in [2.45, 2.75) is 26.3 Å². The maximum atomic E-state index is 13.4. The number of nitrogens with zero attached hydrogens (tertiary/aromatic N) is 2. The highest BCUT2D eigenvalue weighted by Crippen LogP contribution is 2.21. The predicted octanol–water partition coefficient (Wildman–Crippen LogP) is 2.35. The Hall–Kier alpha value is -1.42. The van der Waals surface area contributed by atoms with Crippen LogP contribution >= 0.6 is 0 Å². The van der Waals surface area contributed by atoms with Gasteiger partial charge in [0.1, 0.15) is 11.6 Å². The second kappa shape index (κ2) is 4.69. The van der Waals surface area contributed by atoms with Crippen LogP contribution in [0.15, 0.2) is 18.2 Å². The van der Waals surface area contributed by atoms with E-state index in [9.17, 15) is 4.39 Å². The summed E-state index contributed by atoms with van der Waals surface area (Å²) >= 11 is 0. The van der Waals surface area contributed by atoms with Crippen molar-refractivity contribution in [3.63, 3.8) is 0 Å². The molecular formula is C14H18FN3. The number of hydrogen-bond donors (Lipinski definition) is 1. The summed E-state index contributed by atoms with van der Waals surface area (Å²) in [5.41, 5.74) is 1.84. The molecule has 0 atom stereocenters. The molecule has 0 unspecified atom stereocenters. The largest absolute Gasteiger partial charge is 0.328 e. The average Bonchev–Trinajstić information content (AvgIpc) is 2.63. The molecule has 96 valence electrons. The van der Waals surface area contributed by atoms with Crippen LogP contribution in [-0.2, 0) is 13.0 Å².